The van der Waals surface area contributed by atoms with Gasteiger partial charge in [0, 0.05) is 19.6 Å². The van der Waals surface area contributed by atoms with Crippen LogP contribution in [0.4, 0.5) is 17.6 Å². The minimum Gasteiger partial charge on any atom is -0.357 e. The van der Waals surface area contributed by atoms with E-state index in [-0.39, 0.29) is 54.5 Å². The first-order valence-corrected chi connectivity index (χ1v) is 9.66. The molecule has 2 rings (SSSR count). The zero-order valence-corrected chi connectivity index (χ0v) is 19.4. The Labute approximate surface area is 192 Å². The summed E-state index contributed by atoms with van der Waals surface area (Å²) in [6.45, 7) is 4.36. The van der Waals surface area contributed by atoms with Gasteiger partial charge in [-0.1, -0.05) is 6.07 Å². The standard InChI is InChI=1S/C18H21F4N5OS.HI/c1-3-23-17(25-7-6-24-16(28)15-11(2)27-10-29-15)26-9-12-4-5-13(19)8-14(12)18(20,21)22;/h4-5,8,10H,3,6-7,9H2,1-2H3,(H,24,28)(H2,23,25,26);1H. The number of guanidine groups is 1. The number of nitrogens with zero attached hydrogens (tertiary/aromatic N) is 2. The Kier molecular flexibility index (Phi) is 10.5. The molecule has 0 spiro atoms. The van der Waals surface area contributed by atoms with E-state index in [1.165, 1.54) is 11.3 Å². The number of benzene rings is 1. The number of thiazole rings is 1. The highest BCUT2D eigenvalue weighted by molar-refractivity contribution is 14.0. The minimum atomic E-state index is -4.67. The quantitative estimate of drug-likeness (QED) is 0.159. The van der Waals surface area contributed by atoms with Crippen LogP contribution in [-0.2, 0) is 12.7 Å². The third kappa shape index (κ3) is 7.70. The molecule has 30 heavy (non-hydrogen) atoms. The molecule has 166 valence electrons. The Hall–Kier alpha value is -1.96. The number of hydrogen-bond donors (Lipinski definition) is 3. The Morgan fingerprint density at radius 1 is 1.20 bits per heavy atom. The second-order valence-corrected chi connectivity index (χ2v) is 6.80. The highest BCUT2D eigenvalue weighted by Crippen LogP contribution is 2.32. The van der Waals surface area contributed by atoms with Crippen LogP contribution in [0.1, 0.15) is 33.4 Å². The molecular formula is C18H22F4IN5OS. The second-order valence-electron chi connectivity index (χ2n) is 5.94. The van der Waals surface area contributed by atoms with Crippen molar-refractivity contribution < 1.29 is 22.4 Å². The third-order valence-corrected chi connectivity index (χ3v) is 4.71. The Morgan fingerprint density at radius 3 is 2.50 bits per heavy atom. The minimum absolute atomic E-state index is 0. The van der Waals surface area contributed by atoms with Crippen molar-refractivity contribution in [3.63, 3.8) is 0 Å². The largest absolute Gasteiger partial charge is 0.416 e. The van der Waals surface area contributed by atoms with Crippen LogP contribution in [0.25, 0.3) is 0 Å². The van der Waals surface area contributed by atoms with Gasteiger partial charge in [-0.2, -0.15) is 13.2 Å². The van der Waals surface area contributed by atoms with E-state index in [1.807, 2.05) is 6.92 Å². The number of carbonyl (C=O) groups is 1. The molecule has 0 aliphatic heterocycles. The van der Waals surface area contributed by atoms with Gasteiger partial charge in [-0.3, -0.25) is 4.79 Å². The van der Waals surface area contributed by atoms with E-state index >= 15 is 0 Å². The van der Waals surface area contributed by atoms with Crippen molar-refractivity contribution in [1.29, 1.82) is 0 Å². The summed E-state index contributed by atoms with van der Waals surface area (Å²) in [7, 11) is 0. The summed E-state index contributed by atoms with van der Waals surface area (Å²) in [5.74, 6) is -0.912. The zero-order valence-electron chi connectivity index (χ0n) is 16.3. The molecule has 0 aliphatic rings. The normalized spacial score (nSPS) is 11.6. The number of nitrogens with one attached hydrogen (secondary N) is 3. The van der Waals surface area contributed by atoms with Gasteiger partial charge in [0.15, 0.2) is 5.96 Å². The maximum absolute atomic E-state index is 13.2. The fourth-order valence-electron chi connectivity index (χ4n) is 2.41. The van der Waals surface area contributed by atoms with Crippen LogP contribution in [0, 0.1) is 12.7 Å². The molecule has 1 amide bonds. The molecule has 1 aromatic carbocycles. The fraction of sp³-hybridized carbons (Fsp3) is 0.389. The molecule has 2 aromatic rings. The molecule has 0 atom stereocenters. The van der Waals surface area contributed by atoms with Crippen LogP contribution in [0.15, 0.2) is 28.7 Å². The molecule has 12 heteroatoms. The molecule has 0 aliphatic carbocycles. The third-order valence-electron chi connectivity index (χ3n) is 3.78. The van der Waals surface area contributed by atoms with Crippen LogP contribution < -0.4 is 16.0 Å². The van der Waals surface area contributed by atoms with E-state index in [4.69, 9.17) is 0 Å². The Morgan fingerprint density at radius 2 is 1.90 bits per heavy atom. The second kappa shape index (κ2) is 12.0. The van der Waals surface area contributed by atoms with Gasteiger partial charge >= 0.3 is 6.18 Å². The van der Waals surface area contributed by atoms with Crippen molar-refractivity contribution in [1.82, 2.24) is 20.9 Å². The van der Waals surface area contributed by atoms with Crippen molar-refractivity contribution in [2.75, 3.05) is 19.6 Å². The van der Waals surface area contributed by atoms with Crippen LogP contribution in [-0.4, -0.2) is 36.5 Å². The molecule has 6 nitrogen and oxygen atoms in total. The van der Waals surface area contributed by atoms with E-state index in [9.17, 15) is 22.4 Å². The highest BCUT2D eigenvalue weighted by Gasteiger charge is 2.33. The number of amides is 1. The first-order chi connectivity index (χ1) is 13.7. The summed E-state index contributed by atoms with van der Waals surface area (Å²) in [4.78, 5) is 20.7. The molecule has 0 fully saturated rings. The number of aryl methyl sites for hydroxylation is 1. The molecular weight excluding hydrogens is 537 g/mol. The van der Waals surface area contributed by atoms with E-state index in [1.54, 1.807) is 12.4 Å². The smallest absolute Gasteiger partial charge is 0.357 e. The number of halogens is 5. The summed E-state index contributed by atoms with van der Waals surface area (Å²) < 4.78 is 52.4. The summed E-state index contributed by atoms with van der Waals surface area (Å²) in [5, 5.41) is 8.57. The van der Waals surface area contributed by atoms with Gasteiger partial charge in [0.05, 0.1) is 23.3 Å². The van der Waals surface area contributed by atoms with Crippen molar-refractivity contribution in [3.05, 3.63) is 51.2 Å². The molecule has 0 unspecified atom stereocenters. The zero-order chi connectivity index (χ0) is 21.4. The van der Waals surface area contributed by atoms with Crippen LogP contribution >= 0.6 is 35.3 Å². The van der Waals surface area contributed by atoms with Crippen LogP contribution in [0.2, 0.25) is 0 Å². The molecule has 3 N–H and O–H groups in total. The van der Waals surface area contributed by atoms with Crippen LogP contribution in [0.5, 0.6) is 0 Å². The number of carbonyl (C=O) groups excluding carboxylic acids is 1. The van der Waals surface area contributed by atoms with Gasteiger partial charge in [-0.25, -0.2) is 14.4 Å². The number of aliphatic imine (C=N–C) groups is 1. The van der Waals surface area contributed by atoms with E-state index in [0.29, 0.717) is 29.7 Å². The maximum Gasteiger partial charge on any atom is 0.416 e. The SMILES string of the molecule is CCNC(=NCc1ccc(F)cc1C(F)(F)F)NCCNC(=O)c1scnc1C.I. The summed E-state index contributed by atoms with van der Waals surface area (Å²) in [6, 6.07) is 2.50. The van der Waals surface area contributed by atoms with Crippen molar-refractivity contribution in [2.45, 2.75) is 26.6 Å². The monoisotopic (exact) mass is 559 g/mol. The average molecular weight is 559 g/mol. The fourth-order valence-corrected chi connectivity index (χ4v) is 3.13. The first-order valence-electron chi connectivity index (χ1n) is 8.78. The lowest BCUT2D eigenvalue weighted by Crippen LogP contribution is -2.41. The molecule has 0 radical (unpaired) electrons. The number of alkyl halides is 3. The van der Waals surface area contributed by atoms with Gasteiger partial charge in [-0.05, 0) is 31.5 Å². The molecule has 0 bridgehead atoms. The van der Waals surface area contributed by atoms with Gasteiger partial charge in [0.25, 0.3) is 5.91 Å². The number of aromatic nitrogens is 1. The van der Waals surface area contributed by atoms with E-state index in [0.717, 1.165) is 12.1 Å². The van der Waals surface area contributed by atoms with Crippen molar-refractivity contribution in [3.8, 4) is 0 Å². The highest BCUT2D eigenvalue weighted by atomic mass is 127. The lowest BCUT2D eigenvalue weighted by molar-refractivity contribution is -0.138. The van der Waals surface area contributed by atoms with Crippen LogP contribution in [0.3, 0.4) is 0 Å². The topological polar surface area (TPSA) is 78.4 Å². The predicted molar refractivity (Wildman–Crippen MR) is 119 cm³/mol. The molecule has 1 heterocycles. The summed E-state index contributed by atoms with van der Waals surface area (Å²) in [6.07, 6.45) is -4.67. The molecule has 0 saturated heterocycles. The number of rotatable bonds is 7. The lowest BCUT2D eigenvalue weighted by atomic mass is 10.1. The predicted octanol–water partition coefficient (Wildman–Crippen LogP) is 3.71. The first kappa shape index (κ1) is 26.1. The maximum atomic E-state index is 13.2. The number of hydrogen-bond acceptors (Lipinski definition) is 4. The average Bonchev–Trinajstić information content (AvgIpc) is 3.09. The summed E-state index contributed by atoms with van der Waals surface area (Å²) >= 11 is 1.24. The van der Waals surface area contributed by atoms with Gasteiger partial charge in [0.2, 0.25) is 0 Å². The molecule has 1 aromatic heterocycles. The summed E-state index contributed by atoms with van der Waals surface area (Å²) in [5.41, 5.74) is 1.05. The van der Waals surface area contributed by atoms with E-state index in [2.05, 4.69) is 25.9 Å². The lowest BCUT2D eigenvalue weighted by Gasteiger charge is -2.14. The Balaban J connectivity index is 0.00000450. The van der Waals surface area contributed by atoms with Crippen molar-refractivity contribution in [2.24, 2.45) is 4.99 Å². The van der Waals surface area contributed by atoms with Crippen molar-refractivity contribution >= 4 is 47.2 Å². The van der Waals surface area contributed by atoms with E-state index < -0.39 is 17.6 Å². The Bertz CT molecular complexity index is 873. The molecule has 0 saturated carbocycles. The van der Waals surface area contributed by atoms with Gasteiger partial charge in [-0.15, -0.1) is 35.3 Å². The van der Waals surface area contributed by atoms with Gasteiger partial charge in [0.1, 0.15) is 10.7 Å². The van der Waals surface area contributed by atoms with Gasteiger partial charge < -0.3 is 16.0 Å².